The Balaban J connectivity index is 2.63. The minimum absolute atomic E-state index is 0.530. The molecular formula is C10H8N2S. The number of terminal acetylenes is 1. The second-order valence-corrected chi connectivity index (χ2v) is 3.22. The summed E-state index contributed by atoms with van der Waals surface area (Å²) in [5, 5.41) is 0. The normalized spacial score (nSPS) is 10.2. The molecule has 0 saturated carbocycles. The highest BCUT2D eigenvalue weighted by Crippen LogP contribution is 2.19. The molecule has 0 radical (unpaired) electrons. The van der Waals surface area contributed by atoms with Crippen LogP contribution in [0, 0.1) is 12.3 Å². The van der Waals surface area contributed by atoms with Crippen LogP contribution in [0.5, 0.6) is 0 Å². The van der Waals surface area contributed by atoms with Gasteiger partial charge >= 0.3 is 0 Å². The topological polar surface area (TPSA) is 28.7 Å². The molecule has 0 atom stereocenters. The first-order valence-electron chi connectivity index (χ1n) is 3.91. The van der Waals surface area contributed by atoms with Gasteiger partial charge in [0, 0.05) is 4.90 Å². The van der Waals surface area contributed by atoms with Crippen LogP contribution in [0.15, 0.2) is 23.1 Å². The first-order chi connectivity index (χ1) is 6.31. The van der Waals surface area contributed by atoms with Crippen molar-refractivity contribution >= 4 is 23.7 Å². The Morgan fingerprint density at radius 1 is 1.54 bits per heavy atom. The molecule has 2 nitrogen and oxygen atoms in total. The first-order valence-corrected chi connectivity index (χ1v) is 4.36. The van der Waals surface area contributed by atoms with E-state index in [0.29, 0.717) is 6.42 Å². The maximum Gasteiger partial charge on any atom is 0.119 e. The van der Waals surface area contributed by atoms with Gasteiger partial charge in [-0.25, -0.2) is 4.98 Å². The number of benzene rings is 1. The highest BCUT2D eigenvalue weighted by Gasteiger charge is 2.02. The predicted octanol–water partition coefficient (Wildman–Crippen LogP) is 2.03. The molecule has 0 saturated heterocycles. The number of aromatic nitrogens is 2. The number of para-hydroxylation sites is 1. The molecule has 0 aliphatic heterocycles. The Morgan fingerprint density at radius 3 is 3.08 bits per heavy atom. The van der Waals surface area contributed by atoms with E-state index in [4.69, 9.17) is 6.42 Å². The number of aromatic amines is 1. The first kappa shape index (κ1) is 8.21. The van der Waals surface area contributed by atoms with Crippen LogP contribution in [0.25, 0.3) is 11.0 Å². The van der Waals surface area contributed by atoms with Gasteiger partial charge in [-0.3, -0.25) is 0 Å². The zero-order valence-electron chi connectivity index (χ0n) is 6.91. The maximum absolute atomic E-state index is 5.19. The Morgan fingerprint density at radius 2 is 2.38 bits per heavy atom. The summed E-state index contributed by atoms with van der Waals surface area (Å²) in [4.78, 5) is 8.35. The second-order valence-electron chi connectivity index (χ2n) is 2.74. The molecule has 0 amide bonds. The molecule has 3 heteroatoms. The average Bonchev–Trinajstić information content (AvgIpc) is 2.49. The van der Waals surface area contributed by atoms with Crippen LogP contribution in [-0.2, 0) is 6.42 Å². The quantitative estimate of drug-likeness (QED) is 0.520. The lowest BCUT2D eigenvalue weighted by molar-refractivity contribution is 1.09. The molecule has 2 aromatic rings. The highest BCUT2D eigenvalue weighted by molar-refractivity contribution is 7.80. The van der Waals surface area contributed by atoms with Crippen LogP contribution in [0.4, 0.5) is 0 Å². The number of fused-ring (bicyclic) bond motifs is 1. The molecule has 0 spiro atoms. The molecule has 0 bridgehead atoms. The Kier molecular flexibility index (Phi) is 1.99. The fraction of sp³-hybridized carbons (Fsp3) is 0.100. The third kappa shape index (κ3) is 1.41. The Labute approximate surface area is 81.8 Å². The smallest absolute Gasteiger partial charge is 0.119 e. The van der Waals surface area contributed by atoms with Gasteiger partial charge in [0.25, 0.3) is 0 Å². The van der Waals surface area contributed by atoms with E-state index in [-0.39, 0.29) is 0 Å². The zero-order valence-corrected chi connectivity index (χ0v) is 7.81. The lowest BCUT2D eigenvalue weighted by atomic mass is 10.3. The van der Waals surface area contributed by atoms with E-state index < -0.39 is 0 Å². The van der Waals surface area contributed by atoms with Crippen LogP contribution in [0.1, 0.15) is 5.82 Å². The molecule has 64 valence electrons. The van der Waals surface area contributed by atoms with E-state index in [2.05, 4.69) is 28.5 Å². The minimum atomic E-state index is 0.530. The number of hydrogen-bond donors (Lipinski definition) is 2. The van der Waals surface area contributed by atoms with Crippen LogP contribution < -0.4 is 0 Å². The lowest BCUT2D eigenvalue weighted by Crippen LogP contribution is -1.82. The second kappa shape index (κ2) is 3.15. The fourth-order valence-corrected chi connectivity index (χ4v) is 1.50. The molecule has 0 aliphatic carbocycles. The number of thiol groups is 1. The van der Waals surface area contributed by atoms with E-state index in [1.807, 2.05) is 18.2 Å². The highest BCUT2D eigenvalue weighted by atomic mass is 32.1. The van der Waals surface area contributed by atoms with Crippen molar-refractivity contribution in [2.75, 3.05) is 0 Å². The van der Waals surface area contributed by atoms with Crippen molar-refractivity contribution in [3.63, 3.8) is 0 Å². The summed E-state index contributed by atoms with van der Waals surface area (Å²) < 4.78 is 0. The SMILES string of the molecule is C#CCc1nc2cccc(S)c2[nH]1. The molecule has 1 heterocycles. The summed E-state index contributed by atoms with van der Waals surface area (Å²) in [6.07, 6.45) is 5.72. The van der Waals surface area contributed by atoms with Crippen LogP contribution in [0.3, 0.4) is 0 Å². The summed E-state index contributed by atoms with van der Waals surface area (Å²) in [5.41, 5.74) is 1.87. The molecule has 0 aliphatic rings. The van der Waals surface area contributed by atoms with E-state index in [0.717, 1.165) is 21.8 Å². The molecule has 13 heavy (non-hydrogen) atoms. The van der Waals surface area contributed by atoms with Crippen molar-refractivity contribution in [2.24, 2.45) is 0 Å². The number of imidazole rings is 1. The van der Waals surface area contributed by atoms with Crippen molar-refractivity contribution < 1.29 is 0 Å². The van der Waals surface area contributed by atoms with Crippen molar-refractivity contribution in [2.45, 2.75) is 11.3 Å². The lowest BCUT2D eigenvalue weighted by Gasteiger charge is -1.90. The Bertz CT molecular complexity index is 479. The molecule has 1 N–H and O–H groups in total. The third-order valence-corrected chi connectivity index (χ3v) is 2.19. The van der Waals surface area contributed by atoms with Gasteiger partial charge in [0.15, 0.2) is 0 Å². The van der Waals surface area contributed by atoms with Gasteiger partial charge in [-0.15, -0.1) is 19.1 Å². The van der Waals surface area contributed by atoms with Crippen LogP contribution in [-0.4, -0.2) is 9.97 Å². The summed E-state index contributed by atoms with van der Waals surface area (Å²) in [6, 6.07) is 5.78. The molecule has 0 unspecified atom stereocenters. The van der Waals surface area contributed by atoms with Gasteiger partial charge in [-0.1, -0.05) is 12.0 Å². The van der Waals surface area contributed by atoms with Gasteiger partial charge < -0.3 is 4.98 Å². The van der Waals surface area contributed by atoms with Gasteiger partial charge in [0.1, 0.15) is 5.82 Å². The van der Waals surface area contributed by atoms with Gasteiger partial charge in [0.2, 0.25) is 0 Å². The largest absolute Gasteiger partial charge is 0.340 e. The zero-order chi connectivity index (χ0) is 9.26. The van der Waals surface area contributed by atoms with E-state index in [1.165, 1.54) is 0 Å². The van der Waals surface area contributed by atoms with Gasteiger partial charge in [-0.2, -0.15) is 0 Å². The molecule has 0 fully saturated rings. The van der Waals surface area contributed by atoms with Crippen LogP contribution >= 0.6 is 12.6 Å². The molecular weight excluding hydrogens is 180 g/mol. The number of rotatable bonds is 1. The minimum Gasteiger partial charge on any atom is -0.340 e. The monoisotopic (exact) mass is 188 g/mol. The number of nitrogens with zero attached hydrogens (tertiary/aromatic N) is 1. The van der Waals surface area contributed by atoms with Gasteiger partial charge in [0.05, 0.1) is 17.5 Å². The van der Waals surface area contributed by atoms with Crippen LogP contribution in [0.2, 0.25) is 0 Å². The van der Waals surface area contributed by atoms with Crippen molar-refractivity contribution in [1.82, 2.24) is 9.97 Å². The summed E-state index contributed by atoms with van der Waals surface area (Å²) in [6.45, 7) is 0. The fourth-order valence-electron chi connectivity index (χ4n) is 1.25. The van der Waals surface area contributed by atoms with Crippen molar-refractivity contribution in [1.29, 1.82) is 0 Å². The molecule has 1 aromatic carbocycles. The summed E-state index contributed by atoms with van der Waals surface area (Å²) in [5.74, 6) is 3.36. The average molecular weight is 188 g/mol. The van der Waals surface area contributed by atoms with Gasteiger partial charge in [-0.05, 0) is 12.1 Å². The Hall–Kier alpha value is -1.40. The number of nitrogens with one attached hydrogen (secondary N) is 1. The predicted molar refractivity (Wildman–Crippen MR) is 55.9 cm³/mol. The van der Waals surface area contributed by atoms with Crippen molar-refractivity contribution in [3.8, 4) is 12.3 Å². The van der Waals surface area contributed by atoms with E-state index in [1.54, 1.807) is 0 Å². The van der Waals surface area contributed by atoms with E-state index in [9.17, 15) is 0 Å². The third-order valence-electron chi connectivity index (χ3n) is 1.81. The van der Waals surface area contributed by atoms with E-state index >= 15 is 0 Å². The molecule has 2 rings (SSSR count). The summed E-state index contributed by atoms with van der Waals surface area (Å²) in [7, 11) is 0. The number of hydrogen-bond acceptors (Lipinski definition) is 2. The maximum atomic E-state index is 5.19. The summed E-state index contributed by atoms with van der Waals surface area (Å²) >= 11 is 4.31. The standard InChI is InChI=1S/C10H8N2S/c1-2-4-9-11-7-5-3-6-8(13)10(7)12-9/h1,3,5-6,13H,4H2,(H,11,12). The number of H-pyrrole nitrogens is 1. The molecule has 1 aromatic heterocycles. The van der Waals surface area contributed by atoms with Crippen molar-refractivity contribution in [3.05, 3.63) is 24.0 Å².